The minimum absolute atomic E-state index is 0.251. The van der Waals surface area contributed by atoms with Gasteiger partial charge in [-0.15, -0.1) is 0 Å². The fraction of sp³-hybridized carbons (Fsp3) is 0.895. The molecule has 0 aromatic heterocycles. The maximum absolute atomic E-state index is 11.2. The number of carbonyl (C=O) groups is 2. The quantitative estimate of drug-likeness (QED) is 0.756. The van der Waals surface area contributed by atoms with Gasteiger partial charge in [0.25, 0.3) is 0 Å². The van der Waals surface area contributed by atoms with Crippen LogP contribution < -0.4 is 0 Å². The molecule has 2 amide bonds. The van der Waals surface area contributed by atoms with E-state index in [1.807, 2.05) is 51.6 Å². The van der Waals surface area contributed by atoms with Gasteiger partial charge in [0.15, 0.2) is 0 Å². The number of rotatable bonds is 5. The molecule has 1 saturated heterocycles. The van der Waals surface area contributed by atoms with Gasteiger partial charge in [0.2, 0.25) is 5.91 Å². The van der Waals surface area contributed by atoms with Crippen LogP contribution in [0.4, 0.5) is 4.79 Å². The van der Waals surface area contributed by atoms with Gasteiger partial charge in [-0.1, -0.05) is 27.7 Å². The van der Waals surface area contributed by atoms with E-state index in [4.69, 9.17) is 0 Å². The molecule has 6 heteroatoms. The van der Waals surface area contributed by atoms with Gasteiger partial charge in [-0.2, -0.15) is 0 Å². The third-order valence-corrected chi connectivity index (χ3v) is 4.07. The van der Waals surface area contributed by atoms with Crippen LogP contribution in [0.2, 0.25) is 0 Å². The smallest absolute Gasteiger partial charge is 0.409 e. The molecule has 0 atom stereocenters. The summed E-state index contributed by atoms with van der Waals surface area (Å²) in [5.41, 5.74) is 0. The van der Waals surface area contributed by atoms with Gasteiger partial charge in [0.05, 0.1) is 7.11 Å². The lowest BCUT2D eigenvalue weighted by Crippen LogP contribution is -2.37. The molecular formula is C19H41N3O3. The third kappa shape index (κ3) is 12.7. The lowest BCUT2D eigenvalue weighted by Gasteiger charge is -2.29. The van der Waals surface area contributed by atoms with Gasteiger partial charge < -0.3 is 19.4 Å². The predicted molar refractivity (Wildman–Crippen MR) is 105 cm³/mol. The Labute approximate surface area is 155 Å². The molecule has 1 fully saturated rings. The van der Waals surface area contributed by atoms with Gasteiger partial charge in [0, 0.05) is 39.1 Å². The highest BCUT2D eigenvalue weighted by Gasteiger charge is 2.18. The number of hydrogen-bond acceptors (Lipinski definition) is 4. The summed E-state index contributed by atoms with van der Waals surface area (Å²) in [6.45, 7) is 14.4. The number of ether oxygens (including phenoxy) is 1. The molecule has 0 bridgehead atoms. The van der Waals surface area contributed by atoms with E-state index < -0.39 is 0 Å². The Kier molecular flexibility index (Phi) is 16.8. The van der Waals surface area contributed by atoms with E-state index in [0.717, 1.165) is 32.1 Å². The summed E-state index contributed by atoms with van der Waals surface area (Å²) in [5, 5.41) is 0. The Balaban J connectivity index is 0. The molecule has 0 aromatic carbocycles. The molecule has 1 aliphatic rings. The SMILES string of the molecule is CC.CCC(=O)N1CCC(C)CC1.CCN(CCN(C)C)C(=O)OC. The number of nitrogens with zero attached hydrogens (tertiary/aromatic N) is 3. The highest BCUT2D eigenvalue weighted by Crippen LogP contribution is 2.16. The number of amides is 2. The molecule has 0 spiro atoms. The van der Waals surface area contributed by atoms with Crippen molar-refractivity contribution < 1.29 is 14.3 Å². The number of piperidine rings is 1. The van der Waals surface area contributed by atoms with Crippen molar-refractivity contribution >= 4 is 12.0 Å². The van der Waals surface area contributed by atoms with Crippen LogP contribution in [0.5, 0.6) is 0 Å². The molecule has 0 saturated carbocycles. The molecular weight excluding hydrogens is 318 g/mol. The monoisotopic (exact) mass is 359 g/mol. The van der Waals surface area contributed by atoms with Gasteiger partial charge in [-0.3, -0.25) is 4.79 Å². The number of likely N-dealkylation sites (N-methyl/N-ethyl adjacent to an activating group) is 2. The Morgan fingerprint density at radius 3 is 1.96 bits per heavy atom. The summed E-state index contributed by atoms with van der Waals surface area (Å²) < 4.78 is 4.60. The van der Waals surface area contributed by atoms with Crippen LogP contribution in [0, 0.1) is 5.92 Å². The Hall–Kier alpha value is -1.30. The van der Waals surface area contributed by atoms with Crippen molar-refractivity contribution in [2.45, 2.75) is 53.9 Å². The van der Waals surface area contributed by atoms with Crippen molar-refractivity contribution in [1.82, 2.24) is 14.7 Å². The van der Waals surface area contributed by atoms with Crippen LogP contribution in [0.25, 0.3) is 0 Å². The number of methoxy groups -OCH3 is 1. The first kappa shape index (κ1) is 25.9. The summed E-state index contributed by atoms with van der Waals surface area (Å²) in [6, 6.07) is 0. The molecule has 25 heavy (non-hydrogen) atoms. The highest BCUT2D eigenvalue weighted by molar-refractivity contribution is 5.75. The molecule has 0 aromatic rings. The van der Waals surface area contributed by atoms with Crippen molar-refractivity contribution in [2.24, 2.45) is 5.92 Å². The first-order valence-electron chi connectivity index (χ1n) is 9.61. The van der Waals surface area contributed by atoms with Crippen molar-refractivity contribution in [3.05, 3.63) is 0 Å². The van der Waals surface area contributed by atoms with Crippen LogP contribution in [0.3, 0.4) is 0 Å². The highest BCUT2D eigenvalue weighted by atomic mass is 16.5. The Morgan fingerprint density at radius 2 is 1.60 bits per heavy atom. The van der Waals surface area contributed by atoms with E-state index in [1.165, 1.54) is 20.0 Å². The fourth-order valence-electron chi connectivity index (χ4n) is 2.31. The van der Waals surface area contributed by atoms with Crippen LogP contribution >= 0.6 is 0 Å². The van der Waals surface area contributed by atoms with Crippen molar-refractivity contribution in [3.63, 3.8) is 0 Å². The number of hydrogen-bond donors (Lipinski definition) is 0. The van der Waals surface area contributed by atoms with Crippen LogP contribution in [-0.2, 0) is 9.53 Å². The second-order valence-electron chi connectivity index (χ2n) is 6.27. The third-order valence-electron chi connectivity index (χ3n) is 4.07. The minimum Gasteiger partial charge on any atom is -0.453 e. The zero-order valence-electron chi connectivity index (χ0n) is 17.8. The zero-order valence-corrected chi connectivity index (χ0v) is 17.8. The summed E-state index contributed by atoms with van der Waals surface area (Å²) in [5.74, 6) is 1.13. The lowest BCUT2D eigenvalue weighted by atomic mass is 9.99. The zero-order chi connectivity index (χ0) is 19.8. The number of carbonyl (C=O) groups excluding carboxylic acids is 2. The van der Waals surface area contributed by atoms with Crippen LogP contribution in [-0.4, -0.2) is 80.6 Å². The molecule has 1 heterocycles. The maximum Gasteiger partial charge on any atom is 0.409 e. The van der Waals surface area contributed by atoms with Crippen LogP contribution in [0.15, 0.2) is 0 Å². The summed E-state index contributed by atoms with van der Waals surface area (Å²) in [4.78, 5) is 27.9. The average Bonchev–Trinajstić information content (AvgIpc) is 2.63. The van der Waals surface area contributed by atoms with Crippen molar-refractivity contribution in [1.29, 1.82) is 0 Å². The van der Waals surface area contributed by atoms with E-state index in [2.05, 4.69) is 11.7 Å². The summed E-state index contributed by atoms with van der Waals surface area (Å²) in [6.07, 6.45) is 2.78. The van der Waals surface area contributed by atoms with E-state index in [9.17, 15) is 9.59 Å². The maximum atomic E-state index is 11.2. The van der Waals surface area contributed by atoms with Gasteiger partial charge in [0.1, 0.15) is 0 Å². The van der Waals surface area contributed by atoms with E-state index in [-0.39, 0.29) is 6.09 Å². The molecule has 0 N–H and O–H groups in total. The van der Waals surface area contributed by atoms with Crippen molar-refractivity contribution in [2.75, 3.05) is 53.9 Å². The molecule has 1 aliphatic heterocycles. The van der Waals surface area contributed by atoms with Crippen molar-refractivity contribution in [3.8, 4) is 0 Å². The standard InChI is InChI=1S/C9H17NO.C8H18N2O2.C2H6/c1-3-9(11)10-6-4-8(2)5-7-10;1-5-10(8(11)12-4)7-6-9(2)3;1-2/h8H,3-7H2,1-2H3;5-7H2,1-4H3;1-2H3. The Morgan fingerprint density at radius 1 is 1.08 bits per heavy atom. The van der Waals surface area contributed by atoms with Gasteiger partial charge in [-0.25, -0.2) is 4.79 Å². The minimum atomic E-state index is -0.251. The second kappa shape index (κ2) is 16.2. The fourth-order valence-corrected chi connectivity index (χ4v) is 2.31. The molecule has 0 radical (unpaired) electrons. The molecule has 0 aliphatic carbocycles. The molecule has 0 unspecified atom stereocenters. The molecule has 6 nitrogen and oxygen atoms in total. The lowest BCUT2D eigenvalue weighted by molar-refractivity contribution is -0.132. The van der Waals surface area contributed by atoms with Crippen LogP contribution in [0.1, 0.15) is 53.9 Å². The summed E-state index contributed by atoms with van der Waals surface area (Å²) in [7, 11) is 5.36. The predicted octanol–water partition coefficient (Wildman–Crippen LogP) is 3.32. The van der Waals surface area contributed by atoms with E-state index >= 15 is 0 Å². The van der Waals surface area contributed by atoms with E-state index in [1.54, 1.807) is 4.90 Å². The van der Waals surface area contributed by atoms with Gasteiger partial charge >= 0.3 is 6.09 Å². The first-order valence-corrected chi connectivity index (χ1v) is 9.61. The first-order chi connectivity index (χ1) is 11.8. The average molecular weight is 360 g/mol. The largest absolute Gasteiger partial charge is 0.453 e. The second-order valence-corrected chi connectivity index (χ2v) is 6.27. The van der Waals surface area contributed by atoms with E-state index in [0.29, 0.717) is 18.9 Å². The summed E-state index contributed by atoms with van der Waals surface area (Å²) >= 11 is 0. The van der Waals surface area contributed by atoms with Gasteiger partial charge in [-0.05, 0) is 39.8 Å². The topological polar surface area (TPSA) is 53.1 Å². The Bertz CT molecular complexity index is 341. The molecule has 150 valence electrons. The molecule has 1 rings (SSSR count). The number of likely N-dealkylation sites (tertiary alicyclic amines) is 1. The normalized spacial score (nSPS) is 14.0.